The number of primary amides is 1. The maximum absolute atomic E-state index is 11.2. The highest BCUT2D eigenvalue weighted by Crippen LogP contribution is 2.30. The van der Waals surface area contributed by atoms with E-state index in [0.29, 0.717) is 23.5 Å². The van der Waals surface area contributed by atoms with E-state index in [-0.39, 0.29) is 0 Å². The summed E-state index contributed by atoms with van der Waals surface area (Å²) in [5.74, 6) is 0.473. The van der Waals surface area contributed by atoms with Gasteiger partial charge in [0.1, 0.15) is 11.5 Å². The summed E-state index contributed by atoms with van der Waals surface area (Å²) in [6.07, 6.45) is -0.947. The number of hydrogen-bond acceptors (Lipinski definition) is 4. The lowest BCUT2D eigenvalue weighted by atomic mass is 10.1. The van der Waals surface area contributed by atoms with E-state index >= 15 is 0 Å². The molecule has 2 unspecified atom stereocenters. The summed E-state index contributed by atoms with van der Waals surface area (Å²) in [6, 6.07) is 5.06. The standard InChI is InChI=1S/C13H19NO4/c1-4-11(13(14)16)18-12-7-9(17-3)5-6-10(12)8(2)15/h5-8,11,15H,4H2,1-3H3,(H2,14,16). The average molecular weight is 253 g/mol. The van der Waals surface area contributed by atoms with Crippen molar-refractivity contribution in [2.75, 3.05) is 7.11 Å². The number of benzene rings is 1. The van der Waals surface area contributed by atoms with Crippen LogP contribution < -0.4 is 15.2 Å². The summed E-state index contributed by atoms with van der Waals surface area (Å²) >= 11 is 0. The van der Waals surface area contributed by atoms with Crippen molar-refractivity contribution in [2.24, 2.45) is 5.73 Å². The molecule has 0 saturated carbocycles. The van der Waals surface area contributed by atoms with Crippen molar-refractivity contribution in [1.82, 2.24) is 0 Å². The molecule has 0 saturated heterocycles. The number of methoxy groups -OCH3 is 1. The summed E-state index contributed by atoms with van der Waals surface area (Å²) in [5.41, 5.74) is 5.83. The molecule has 0 aromatic heterocycles. The van der Waals surface area contributed by atoms with Crippen molar-refractivity contribution in [3.63, 3.8) is 0 Å². The molecular formula is C13H19NO4. The van der Waals surface area contributed by atoms with Crippen LogP contribution in [0.25, 0.3) is 0 Å². The molecule has 1 aromatic carbocycles. The fourth-order valence-electron chi connectivity index (χ4n) is 1.58. The van der Waals surface area contributed by atoms with E-state index in [0.717, 1.165) is 0 Å². The van der Waals surface area contributed by atoms with Gasteiger partial charge in [-0.1, -0.05) is 6.92 Å². The van der Waals surface area contributed by atoms with E-state index in [1.165, 1.54) is 7.11 Å². The van der Waals surface area contributed by atoms with Crippen LogP contribution in [0.2, 0.25) is 0 Å². The minimum absolute atomic E-state index is 0.412. The minimum Gasteiger partial charge on any atom is -0.497 e. The fourth-order valence-corrected chi connectivity index (χ4v) is 1.58. The summed E-state index contributed by atoms with van der Waals surface area (Å²) < 4.78 is 10.6. The highest BCUT2D eigenvalue weighted by atomic mass is 16.5. The van der Waals surface area contributed by atoms with Gasteiger partial charge in [0.25, 0.3) is 5.91 Å². The second kappa shape index (κ2) is 6.26. The van der Waals surface area contributed by atoms with Crippen LogP contribution in [-0.4, -0.2) is 24.2 Å². The normalized spacial score (nSPS) is 13.8. The number of rotatable bonds is 6. The first-order chi connectivity index (χ1) is 8.49. The molecule has 0 aliphatic carbocycles. The number of aliphatic hydroxyl groups excluding tert-OH is 1. The van der Waals surface area contributed by atoms with Crippen molar-refractivity contribution < 1.29 is 19.4 Å². The first-order valence-corrected chi connectivity index (χ1v) is 5.81. The Kier molecular flexibility index (Phi) is 4.97. The van der Waals surface area contributed by atoms with Crippen LogP contribution in [0.15, 0.2) is 18.2 Å². The van der Waals surface area contributed by atoms with Crippen LogP contribution in [-0.2, 0) is 4.79 Å². The van der Waals surface area contributed by atoms with Crippen molar-refractivity contribution in [3.05, 3.63) is 23.8 Å². The van der Waals surface area contributed by atoms with Crippen molar-refractivity contribution in [3.8, 4) is 11.5 Å². The predicted octanol–water partition coefficient (Wildman–Crippen LogP) is 1.39. The predicted molar refractivity (Wildman–Crippen MR) is 67.5 cm³/mol. The van der Waals surface area contributed by atoms with Crippen molar-refractivity contribution >= 4 is 5.91 Å². The third-order valence-corrected chi connectivity index (χ3v) is 2.63. The van der Waals surface area contributed by atoms with E-state index in [9.17, 15) is 9.90 Å². The van der Waals surface area contributed by atoms with Gasteiger partial charge < -0.3 is 20.3 Å². The lowest BCUT2D eigenvalue weighted by molar-refractivity contribution is -0.124. The second-order valence-corrected chi connectivity index (χ2v) is 4.00. The molecule has 0 radical (unpaired) electrons. The van der Waals surface area contributed by atoms with Crippen LogP contribution in [0.4, 0.5) is 0 Å². The Morgan fingerprint density at radius 2 is 2.17 bits per heavy atom. The summed E-state index contributed by atoms with van der Waals surface area (Å²) in [6.45, 7) is 3.43. The largest absolute Gasteiger partial charge is 0.497 e. The van der Waals surface area contributed by atoms with Gasteiger partial charge in [0.2, 0.25) is 0 Å². The Balaban J connectivity index is 3.07. The van der Waals surface area contributed by atoms with Crippen molar-refractivity contribution in [2.45, 2.75) is 32.5 Å². The molecule has 0 aliphatic heterocycles. The summed E-state index contributed by atoms with van der Waals surface area (Å²) in [7, 11) is 1.53. The molecule has 5 nitrogen and oxygen atoms in total. The number of ether oxygens (including phenoxy) is 2. The Labute approximate surface area is 107 Å². The molecule has 18 heavy (non-hydrogen) atoms. The van der Waals surface area contributed by atoms with Crippen LogP contribution in [0.5, 0.6) is 11.5 Å². The number of amides is 1. The minimum atomic E-state index is -0.713. The molecule has 0 spiro atoms. The average Bonchev–Trinajstić information content (AvgIpc) is 2.34. The van der Waals surface area contributed by atoms with E-state index in [4.69, 9.17) is 15.2 Å². The van der Waals surface area contributed by atoms with E-state index in [2.05, 4.69) is 0 Å². The zero-order valence-corrected chi connectivity index (χ0v) is 10.8. The van der Waals surface area contributed by atoms with Crippen LogP contribution in [0.1, 0.15) is 31.9 Å². The fraction of sp³-hybridized carbons (Fsp3) is 0.462. The van der Waals surface area contributed by atoms with Gasteiger partial charge in [0.15, 0.2) is 6.10 Å². The molecule has 1 amide bonds. The maximum atomic E-state index is 11.2. The highest BCUT2D eigenvalue weighted by molar-refractivity contribution is 5.79. The third-order valence-electron chi connectivity index (χ3n) is 2.63. The van der Waals surface area contributed by atoms with Gasteiger partial charge in [-0.25, -0.2) is 0 Å². The van der Waals surface area contributed by atoms with Gasteiger partial charge in [-0.05, 0) is 25.5 Å². The molecule has 1 rings (SSSR count). The Morgan fingerprint density at radius 1 is 1.50 bits per heavy atom. The van der Waals surface area contributed by atoms with E-state index < -0.39 is 18.1 Å². The quantitative estimate of drug-likeness (QED) is 0.802. The molecule has 0 fully saturated rings. The smallest absolute Gasteiger partial charge is 0.258 e. The zero-order valence-electron chi connectivity index (χ0n) is 10.8. The SMILES string of the molecule is CCC(Oc1cc(OC)ccc1C(C)O)C(N)=O. The number of aliphatic hydroxyl groups is 1. The molecule has 1 aromatic rings. The Morgan fingerprint density at radius 3 is 2.61 bits per heavy atom. The van der Waals surface area contributed by atoms with Gasteiger partial charge in [-0.3, -0.25) is 4.79 Å². The van der Waals surface area contributed by atoms with Gasteiger partial charge in [0, 0.05) is 11.6 Å². The summed E-state index contributed by atoms with van der Waals surface area (Å²) in [5, 5.41) is 9.66. The Hall–Kier alpha value is -1.75. The van der Waals surface area contributed by atoms with E-state index in [1.54, 1.807) is 32.0 Å². The Bertz CT molecular complexity index is 417. The van der Waals surface area contributed by atoms with Crippen molar-refractivity contribution in [1.29, 1.82) is 0 Å². The van der Waals surface area contributed by atoms with Crippen LogP contribution in [0.3, 0.4) is 0 Å². The molecule has 5 heteroatoms. The van der Waals surface area contributed by atoms with Gasteiger partial charge in [0.05, 0.1) is 13.2 Å². The molecule has 0 bridgehead atoms. The number of hydrogen-bond donors (Lipinski definition) is 2. The molecular weight excluding hydrogens is 234 g/mol. The molecule has 0 aliphatic rings. The van der Waals surface area contributed by atoms with Gasteiger partial charge >= 0.3 is 0 Å². The molecule has 100 valence electrons. The molecule has 2 atom stereocenters. The topological polar surface area (TPSA) is 81.8 Å². The van der Waals surface area contributed by atoms with Crippen LogP contribution in [0, 0.1) is 0 Å². The first kappa shape index (κ1) is 14.3. The molecule has 3 N–H and O–H groups in total. The van der Waals surface area contributed by atoms with Gasteiger partial charge in [-0.2, -0.15) is 0 Å². The van der Waals surface area contributed by atoms with Gasteiger partial charge in [-0.15, -0.1) is 0 Å². The van der Waals surface area contributed by atoms with E-state index in [1.807, 2.05) is 0 Å². The maximum Gasteiger partial charge on any atom is 0.258 e. The monoisotopic (exact) mass is 253 g/mol. The first-order valence-electron chi connectivity index (χ1n) is 5.81. The third kappa shape index (κ3) is 3.37. The lowest BCUT2D eigenvalue weighted by Gasteiger charge is -2.19. The second-order valence-electron chi connectivity index (χ2n) is 4.00. The molecule has 0 heterocycles. The highest BCUT2D eigenvalue weighted by Gasteiger charge is 2.18. The number of nitrogens with two attached hydrogens (primary N) is 1. The van der Waals surface area contributed by atoms with Crippen LogP contribution >= 0.6 is 0 Å². The lowest BCUT2D eigenvalue weighted by Crippen LogP contribution is -2.33. The number of carbonyl (C=O) groups is 1. The summed E-state index contributed by atoms with van der Waals surface area (Å²) in [4.78, 5) is 11.2. The zero-order chi connectivity index (χ0) is 13.7. The number of carbonyl (C=O) groups excluding carboxylic acids is 1.